The van der Waals surface area contributed by atoms with E-state index in [1.807, 2.05) is 17.5 Å². The maximum absolute atomic E-state index is 11.4. The lowest BCUT2D eigenvalue weighted by atomic mass is 10.2. The van der Waals surface area contributed by atoms with Crippen molar-refractivity contribution in [3.63, 3.8) is 0 Å². The van der Waals surface area contributed by atoms with Gasteiger partial charge in [0, 0.05) is 11.3 Å². The van der Waals surface area contributed by atoms with Crippen LogP contribution in [0.25, 0.3) is 0 Å². The molecule has 0 aliphatic heterocycles. The topological polar surface area (TPSA) is 55.4 Å². The first kappa shape index (κ1) is 13.7. The highest BCUT2D eigenvalue weighted by Gasteiger charge is 2.19. The van der Waals surface area contributed by atoms with Crippen LogP contribution in [0.5, 0.6) is 0 Å². The van der Waals surface area contributed by atoms with Gasteiger partial charge >= 0.3 is 6.09 Å². The summed E-state index contributed by atoms with van der Waals surface area (Å²) in [6.45, 7) is 5.31. The second-order valence-electron chi connectivity index (χ2n) is 4.60. The number of carbonyl (C=O) groups excluding carboxylic acids is 2. The van der Waals surface area contributed by atoms with E-state index in [4.69, 9.17) is 4.74 Å². The van der Waals surface area contributed by atoms with Crippen LogP contribution in [0.15, 0.2) is 17.5 Å². The van der Waals surface area contributed by atoms with Crippen molar-refractivity contribution in [1.29, 1.82) is 0 Å². The van der Waals surface area contributed by atoms with Gasteiger partial charge in [0.15, 0.2) is 0 Å². The van der Waals surface area contributed by atoms with E-state index >= 15 is 0 Å². The predicted octanol–water partition coefficient (Wildman–Crippen LogP) is 2.29. The molecule has 93 valence electrons. The first-order valence-corrected chi connectivity index (χ1v) is 6.18. The van der Waals surface area contributed by atoms with Crippen molar-refractivity contribution in [2.75, 3.05) is 0 Å². The number of hydrogen-bond donors (Lipinski definition) is 1. The Labute approximate surface area is 105 Å². The monoisotopic (exact) mass is 254 g/mol. The van der Waals surface area contributed by atoms with Crippen molar-refractivity contribution < 1.29 is 14.3 Å². The molecule has 1 aromatic rings. The molecule has 0 aliphatic rings. The first-order valence-electron chi connectivity index (χ1n) is 5.30. The van der Waals surface area contributed by atoms with E-state index in [0.29, 0.717) is 6.42 Å². The van der Waals surface area contributed by atoms with Crippen molar-refractivity contribution in [1.82, 2.24) is 5.32 Å². The average molecular weight is 254 g/mol. The van der Waals surface area contributed by atoms with Gasteiger partial charge in [-0.1, -0.05) is 6.07 Å². The molecule has 0 spiro atoms. The lowest BCUT2D eigenvalue weighted by Crippen LogP contribution is -2.40. The largest absolute Gasteiger partial charge is 0.444 e. The van der Waals surface area contributed by atoms with E-state index in [9.17, 15) is 9.59 Å². The zero-order valence-electron chi connectivity index (χ0n) is 10.1. The first-order chi connectivity index (χ1) is 7.90. The average Bonchev–Trinajstić information content (AvgIpc) is 2.66. The number of alkyl carbamates (subject to hydrolysis) is 1. The number of ether oxygens (including phenoxy) is 1. The summed E-state index contributed by atoms with van der Waals surface area (Å²) in [6.07, 6.45) is 1.65. The van der Waals surface area contributed by atoms with Crippen molar-refractivity contribution in [2.45, 2.75) is 38.8 Å². The molecule has 0 saturated heterocycles. The Kier molecular flexibility index (Phi) is 4.69. The van der Waals surface area contributed by atoms with Crippen molar-refractivity contribution in [3.8, 4) is 0 Å². The Bertz CT molecular complexity index is 368. The summed E-state index contributed by atoms with van der Waals surface area (Å²) in [5.74, 6) is 0. The van der Waals surface area contributed by atoms with Gasteiger partial charge in [0.25, 0.3) is 0 Å². The van der Waals surface area contributed by atoms with Crippen LogP contribution in [0.3, 0.4) is 0 Å². The Hall–Kier alpha value is -1.36. The molecule has 0 aromatic carbocycles. The molecule has 4 nitrogen and oxygen atoms in total. The normalized spacial score (nSPS) is 12.9. The molecule has 1 unspecified atom stereocenters. The predicted molar refractivity (Wildman–Crippen MR) is 66.9 cm³/mol. The Morgan fingerprint density at radius 1 is 1.59 bits per heavy atom. The van der Waals surface area contributed by atoms with Gasteiger partial charge in [-0.2, -0.15) is 0 Å². The van der Waals surface area contributed by atoms with Crippen LogP contribution in [-0.4, -0.2) is 24.0 Å². The smallest absolute Gasteiger partial charge is 0.408 e. The van der Waals surface area contributed by atoms with E-state index in [1.165, 1.54) is 11.3 Å². The molecule has 0 bridgehead atoms. The van der Waals surface area contributed by atoms with Gasteiger partial charge in [0.05, 0.1) is 0 Å². The van der Waals surface area contributed by atoms with Crippen LogP contribution >= 0.6 is 11.3 Å². The van der Waals surface area contributed by atoms with Crippen LogP contribution in [0.2, 0.25) is 0 Å². The fourth-order valence-electron chi connectivity index (χ4n) is 1.20. The minimum Gasteiger partial charge on any atom is -0.444 e. The maximum atomic E-state index is 11.4. The number of thiophene rings is 1. The van der Waals surface area contributed by atoms with Gasteiger partial charge in [-0.05, 0) is 32.2 Å². The van der Waals surface area contributed by atoms with Gasteiger partial charge in [-0.25, -0.2) is 4.79 Å². The number of hydrogen-bond acceptors (Lipinski definition) is 4. The Morgan fingerprint density at radius 2 is 2.29 bits per heavy atom. The summed E-state index contributed by atoms with van der Waals surface area (Å²) < 4.78 is 5.06. The standard InChI is InChI=1S/C12H16NO3S/c1-12(2,3)16-11(15)13-9(8-14)7-10-5-4-6-17-10/h4-6,9H,7H2,1-3H3,(H,13,15). The second kappa shape index (κ2) is 5.82. The third-order valence-corrected chi connectivity index (χ3v) is 2.72. The fourth-order valence-corrected chi connectivity index (χ4v) is 1.95. The molecule has 1 rings (SSSR count). The lowest BCUT2D eigenvalue weighted by molar-refractivity contribution is 0.0517. The van der Waals surface area contributed by atoms with E-state index in [2.05, 4.69) is 5.32 Å². The van der Waals surface area contributed by atoms with Gasteiger partial charge in [0.2, 0.25) is 6.29 Å². The summed E-state index contributed by atoms with van der Waals surface area (Å²) in [6, 6.07) is 3.14. The summed E-state index contributed by atoms with van der Waals surface area (Å²) in [5.41, 5.74) is -0.569. The summed E-state index contributed by atoms with van der Waals surface area (Å²) in [5, 5.41) is 4.40. The van der Waals surface area contributed by atoms with E-state index in [-0.39, 0.29) is 0 Å². The molecule has 1 heterocycles. The van der Waals surface area contributed by atoms with Gasteiger partial charge in [-0.3, -0.25) is 4.79 Å². The van der Waals surface area contributed by atoms with Crippen molar-refractivity contribution >= 4 is 23.7 Å². The highest BCUT2D eigenvalue weighted by Crippen LogP contribution is 2.11. The second-order valence-corrected chi connectivity index (χ2v) is 5.63. The van der Waals surface area contributed by atoms with Crippen LogP contribution in [0.4, 0.5) is 4.79 Å². The third-order valence-electron chi connectivity index (χ3n) is 1.82. The summed E-state index contributed by atoms with van der Waals surface area (Å²) in [7, 11) is 0. The molecular formula is C12H16NO3S. The molecular weight excluding hydrogens is 238 g/mol. The molecule has 5 heteroatoms. The fraction of sp³-hybridized carbons (Fsp3) is 0.500. The van der Waals surface area contributed by atoms with Gasteiger partial charge < -0.3 is 10.1 Å². The molecule has 0 aliphatic carbocycles. The van der Waals surface area contributed by atoms with Crippen molar-refractivity contribution in [2.24, 2.45) is 0 Å². The molecule has 1 amide bonds. The highest BCUT2D eigenvalue weighted by molar-refractivity contribution is 7.09. The van der Waals surface area contributed by atoms with Crippen LogP contribution < -0.4 is 5.32 Å². The number of rotatable bonds is 4. The van der Waals surface area contributed by atoms with Crippen molar-refractivity contribution in [3.05, 3.63) is 22.4 Å². The quantitative estimate of drug-likeness (QED) is 0.897. The third kappa shape index (κ3) is 5.49. The molecule has 1 radical (unpaired) electrons. The molecule has 1 aromatic heterocycles. The number of carbonyl (C=O) groups is 1. The molecule has 1 N–H and O–H groups in total. The van der Waals surface area contributed by atoms with E-state index in [0.717, 1.165) is 4.88 Å². The maximum Gasteiger partial charge on any atom is 0.408 e. The van der Waals surface area contributed by atoms with Crippen LogP contribution in [0.1, 0.15) is 25.6 Å². The van der Waals surface area contributed by atoms with E-state index in [1.54, 1.807) is 27.1 Å². The van der Waals surface area contributed by atoms with E-state index < -0.39 is 17.7 Å². The summed E-state index contributed by atoms with van der Waals surface area (Å²) >= 11 is 1.54. The van der Waals surface area contributed by atoms with Crippen LogP contribution in [0, 0.1) is 0 Å². The van der Waals surface area contributed by atoms with Gasteiger partial charge in [0.1, 0.15) is 11.6 Å². The lowest BCUT2D eigenvalue weighted by Gasteiger charge is -2.21. The minimum atomic E-state index is -0.663. The highest BCUT2D eigenvalue weighted by atomic mass is 32.1. The SMILES string of the molecule is CC(C)(C)OC(=O)NC([C]=O)Cc1cccs1. The zero-order valence-corrected chi connectivity index (χ0v) is 11.0. The molecule has 1 atom stereocenters. The minimum absolute atomic E-state index is 0.445. The molecule has 0 saturated carbocycles. The zero-order chi connectivity index (χ0) is 12.9. The molecule has 0 fully saturated rings. The van der Waals surface area contributed by atoms with Gasteiger partial charge in [-0.15, -0.1) is 11.3 Å². The number of nitrogens with one attached hydrogen (secondary N) is 1. The number of amides is 1. The summed E-state index contributed by atoms with van der Waals surface area (Å²) in [4.78, 5) is 23.2. The van der Waals surface area contributed by atoms with Crippen LogP contribution in [-0.2, 0) is 16.0 Å². The Balaban J connectivity index is 2.47. The Morgan fingerprint density at radius 3 is 2.76 bits per heavy atom. The molecule has 17 heavy (non-hydrogen) atoms.